The number of fused-ring (bicyclic) bond motifs is 1. The first-order valence-corrected chi connectivity index (χ1v) is 11.3. The molecule has 1 aliphatic rings. The lowest BCUT2D eigenvalue weighted by molar-refractivity contribution is -0.144. The van der Waals surface area contributed by atoms with Gasteiger partial charge in [0.15, 0.2) is 0 Å². The number of carboxylic acid groups (broad SMARTS) is 1. The standard InChI is InChI=1S/C25H29ClN2O5/c1-25(2,3)22-17-5-4-6-19(33-14-16-9-7-15(13-26)8-10-16)21(17)23(30)28(22)18(24(31)32)11-12-20(27)29/h4-10,18,22H,11-14H2,1-3H3,(H2,27,29)(H,31,32). The topological polar surface area (TPSA) is 110 Å². The number of carboxylic acids is 1. The van der Waals surface area contributed by atoms with E-state index in [0.717, 1.165) is 11.1 Å². The SMILES string of the molecule is CC(C)(C)C1c2cccc(OCc3ccc(CCl)cc3)c2C(=O)N1C(CCC(N)=O)C(=O)O. The number of nitrogens with zero attached hydrogens (tertiary/aromatic N) is 1. The summed E-state index contributed by atoms with van der Waals surface area (Å²) in [6.07, 6.45) is -0.185. The summed E-state index contributed by atoms with van der Waals surface area (Å²) < 4.78 is 6.02. The van der Waals surface area contributed by atoms with Crippen molar-refractivity contribution >= 4 is 29.4 Å². The monoisotopic (exact) mass is 472 g/mol. The number of ether oxygens (including phenoxy) is 1. The van der Waals surface area contributed by atoms with Crippen molar-refractivity contribution < 1.29 is 24.2 Å². The van der Waals surface area contributed by atoms with Crippen LogP contribution in [0.4, 0.5) is 0 Å². The molecule has 0 saturated heterocycles. The van der Waals surface area contributed by atoms with Crippen LogP contribution in [0.25, 0.3) is 0 Å². The van der Waals surface area contributed by atoms with E-state index in [2.05, 4.69) is 0 Å². The third-order valence-corrected chi connectivity index (χ3v) is 6.07. The lowest BCUT2D eigenvalue weighted by atomic mass is 9.81. The molecule has 2 aromatic rings. The van der Waals surface area contributed by atoms with Gasteiger partial charge in [-0.05, 0) is 34.6 Å². The molecule has 33 heavy (non-hydrogen) atoms. The van der Waals surface area contributed by atoms with Crippen LogP contribution in [-0.4, -0.2) is 33.8 Å². The van der Waals surface area contributed by atoms with Gasteiger partial charge in [-0.15, -0.1) is 11.6 Å². The summed E-state index contributed by atoms with van der Waals surface area (Å²) in [5.41, 5.74) is 7.78. The fraction of sp³-hybridized carbons (Fsp3) is 0.400. The van der Waals surface area contributed by atoms with E-state index in [-0.39, 0.29) is 19.4 Å². The number of halogens is 1. The van der Waals surface area contributed by atoms with Gasteiger partial charge in [-0.25, -0.2) is 4.79 Å². The minimum atomic E-state index is -1.18. The Labute approximate surface area is 198 Å². The molecule has 0 radical (unpaired) electrons. The normalized spacial score (nSPS) is 16.4. The summed E-state index contributed by atoms with van der Waals surface area (Å²) in [6.45, 7) is 6.10. The molecule has 0 saturated carbocycles. The highest BCUT2D eigenvalue weighted by Gasteiger charge is 2.49. The number of nitrogens with two attached hydrogens (primary N) is 1. The highest BCUT2D eigenvalue weighted by molar-refractivity contribution is 6.17. The summed E-state index contributed by atoms with van der Waals surface area (Å²) in [5.74, 6) is -1.38. The number of primary amides is 1. The van der Waals surface area contributed by atoms with Crippen molar-refractivity contribution in [2.75, 3.05) is 0 Å². The van der Waals surface area contributed by atoms with Gasteiger partial charge < -0.3 is 20.5 Å². The van der Waals surface area contributed by atoms with Gasteiger partial charge in [0.25, 0.3) is 5.91 Å². The molecule has 2 aromatic carbocycles. The fourth-order valence-corrected chi connectivity index (χ4v) is 4.45. The van der Waals surface area contributed by atoms with Crippen molar-refractivity contribution in [3.8, 4) is 5.75 Å². The molecule has 3 rings (SSSR count). The maximum absolute atomic E-state index is 13.6. The minimum absolute atomic E-state index is 0.0555. The van der Waals surface area contributed by atoms with Gasteiger partial charge in [0.2, 0.25) is 5.91 Å². The molecule has 176 valence electrons. The Morgan fingerprint density at radius 3 is 2.33 bits per heavy atom. The van der Waals surface area contributed by atoms with Crippen LogP contribution in [0.3, 0.4) is 0 Å². The Morgan fingerprint density at radius 2 is 1.79 bits per heavy atom. The maximum Gasteiger partial charge on any atom is 0.326 e. The first-order valence-electron chi connectivity index (χ1n) is 10.8. The number of carbonyl (C=O) groups is 3. The maximum atomic E-state index is 13.6. The van der Waals surface area contributed by atoms with Gasteiger partial charge in [-0.2, -0.15) is 0 Å². The predicted molar refractivity (Wildman–Crippen MR) is 125 cm³/mol. The van der Waals surface area contributed by atoms with Gasteiger partial charge >= 0.3 is 5.97 Å². The lowest BCUT2D eigenvalue weighted by Crippen LogP contribution is -2.47. The molecule has 0 spiro atoms. The quantitative estimate of drug-likeness (QED) is 0.529. The summed E-state index contributed by atoms with van der Waals surface area (Å²) in [6, 6.07) is 11.3. The van der Waals surface area contributed by atoms with Crippen LogP contribution in [0.1, 0.15) is 66.7 Å². The number of carbonyl (C=O) groups excluding carboxylic acids is 2. The van der Waals surface area contributed by atoms with Gasteiger partial charge in [0.1, 0.15) is 18.4 Å². The zero-order valence-corrected chi connectivity index (χ0v) is 19.8. The van der Waals surface area contributed by atoms with Crippen molar-refractivity contribution in [3.05, 3.63) is 64.7 Å². The number of amides is 2. The van der Waals surface area contributed by atoms with Crippen molar-refractivity contribution in [1.29, 1.82) is 0 Å². The number of benzene rings is 2. The van der Waals surface area contributed by atoms with E-state index >= 15 is 0 Å². The van der Waals surface area contributed by atoms with Crippen LogP contribution in [0.5, 0.6) is 5.75 Å². The van der Waals surface area contributed by atoms with Crippen LogP contribution < -0.4 is 10.5 Å². The highest BCUT2D eigenvalue weighted by Crippen LogP contribution is 2.48. The van der Waals surface area contributed by atoms with E-state index in [1.165, 1.54) is 4.90 Å². The van der Waals surface area contributed by atoms with Crippen LogP contribution in [-0.2, 0) is 22.1 Å². The molecule has 3 N–H and O–H groups in total. The van der Waals surface area contributed by atoms with Gasteiger partial charge in [-0.3, -0.25) is 9.59 Å². The van der Waals surface area contributed by atoms with Crippen LogP contribution in [0.2, 0.25) is 0 Å². The van der Waals surface area contributed by atoms with E-state index in [9.17, 15) is 19.5 Å². The number of hydrogen-bond donors (Lipinski definition) is 2. The second-order valence-corrected chi connectivity index (χ2v) is 9.57. The smallest absolute Gasteiger partial charge is 0.326 e. The molecule has 0 fully saturated rings. The van der Waals surface area contributed by atoms with E-state index in [1.807, 2.05) is 51.1 Å². The molecule has 1 heterocycles. The number of hydrogen-bond acceptors (Lipinski definition) is 4. The molecule has 8 heteroatoms. The Hall–Kier alpha value is -3.06. The third kappa shape index (κ3) is 5.30. The lowest BCUT2D eigenvalue weighted by Gasteiger charge is -2.38. The van der Waals surface area contributed by atoms with Crippen molar-refractivity contribution in [3.63, 3.8) is 0 Å². The van der Waals surface area contributed by atoms with Crippen molar-refractivity contribution in [2.24, 2.45) is 11.1 Å². The molecule has 2 amide bonds. The van der Waals surface area contributed by atoms with Crippen molar-refractivity contribution in [1.82, 2.24) is 4.90 Å². The molecule has 2 atom stereocenters. The van der Waals surface area contributed by atoms with Crippen molar-refractivity contribution in [2.45, 2.75) is 58.2 Å². The van der Waals surface area contributed by atoms with Gasteiger partial charge in [-0.1, -0.05) is 57.2 Å². The molecular formula is C25H29ClN2O5. The first-order chi connectivity index (χ1) is 15.5. The molecule has 2 unspecified atom stereocenters. The van der Waals surface area contributed by atoms with Crippen LogP contribution in [0.15, 0.2) is 42.5 Å². The minimum Gasteiger partial charge on any atom is -0.488 e. The number of alkyl halides is 1. The molecular weight excluding hydrogens is 444 g/mol. The average molecular weight is 473 g/mol. The molecule has 1 aliphatic heterocycles. The predicted octanol–water partition coefficient (Wildman–Crippen LogP) is 4.27. The Bertz CT molecular complexity index is 1050. The number of aliphatic carboxylic acids is 1. The summed E-state index contributed by atoms with van der Waals surface area (Å²) in [4.78, 5) is 38.4. The molecule has 0 bridgehead atoms. The Balaban J connectivity index is 1.97. The third-order valence-electron chi connectivity index (χ3n) is 5.76. The van der Waals surface area contributed by atoms with Crippen LogP contribution in [0, 0.1) is 5.41 Å². The highest BCUT2D eigenvalue weighted by atomic mass is 35.5. The second-order valence-electron chi connectivity index (χ2n) is 9.30. The fourth-order valence-electron chi connectivity index (χ4n) is 4.27. The Kier molecular flexibility index (Phi) is 7.32. The van der Waals surface area contributed by atoms with E-state index in [0.29, 0.717) is 22.8 Å². The largest absolute Gasteiger partial charge is 0.488 e. The number of rotatable bonds is 9. The summed E-state index contributed by atoms with van der Waals surface area (Å²) >= 11 is 5.84. The van der Waals surface area contributed by atoms with E-state index < -0.39 is 35.3 Å². The molecule has 0 aromatic heterocycles. The second kappa shape index (κ2) is 9.83. The Morgan fingerprint density at radius 1 is 1.15 bits per heavy atom. The first kappa shape index (κ1) is 24.6. The zero-order chi connectivity index (χ0) is 24.3. The zero-order valence-electron chi connectivity index (χ0n) is 19.0. The van der Waals surface area contributed by atoms with Crippen LogP contribution >= 0.6 is 11.6 Å². The average Bonchev–Trinajstić information content (AvgIpc) is 3.05. The van der Waals surface area contributed by atoms with Gasteiger partial charge in [0, 0.05) is 12.3 Å². The summed E-state index contributed by atoms with van der Waals surface area (Å²) in [7, 11) is 0. The molecule has 7 nitrogen and oxygen atoms in total. The van der Waals surface area contributed by atoms with E-state index in [4.69, 9.17) is 22.1 Å². The van der Waals surface area contributed by atoms with Gasteiger partial charge in [0.05, 0.1) is 11.6 Å². The summed E-state index contributed by atoms with van der Waals surface area (Å²) in [5, 5.41) is 9.90. The van der Waals surface area contributed by atoms with E-state index in [1.54, 1.807) is 12.1 Å². The molecule has 0 aliphatic carbocycles.